The molecule has 0 bridgehead atoms. The average Bonchev–Trinajstić information content (AvgIpc) is 3.27. The normalized spacial score (nSPS) is 18.4. The van der Waals surface area contributed by atoms with E-state index >= 15 is 4.39 Å². The molecule has 5 rings (SSSR count). The zero-order valence-electron chi connectivity index (χ0n) is 19.8. The van der Waals surface area contributed by atoms with Gasteiger partial charge in [0, 0.05) is 20.0 Å². The van der Waals surface area contributed by atoms with Crippen molar-refractivity contribution in [1.82, 2.24) is 20.2 Å². The number of fused-ring (bicyclic) bond motifs is 1. The molecular formula is C26H26FN5O4. The predicted octanol–water partition coefficient (Wildman–Crippen LogP) is 3.25. The van der Waals surface area contributed by atoms with Gasteiger partial charge in [-0.05, 0) is 48.6 Å². The van der Waals surface area contributed by atoms with Gasteiger partial charge < -0.3 is 15.0 Å². The Balaban J connectivity index is 1.21. The van der Waals surface area contributed by atoms with Crippen LogP contribution in [-0.2, 0) is 9.53 Å². The van der Waals surface area contributed by atoms with E-state index in [1.807, 2.05) is 24.3 Å². The highest BCUT2D eigenvalue weighted by Crippen LogP contribution is 2.33. The topological polar surface area (TPSA) is 105 Å². The molecule has 186 valence electrons. The molecule has 1 unspecified atom stereocenters. The van der Waals surface area contributed by atoms with E-state index in [0.29, 0.717) is 48.4 Å². The second-order valence-electron chi connectivity index (χ2n) is 9.07. The third-order valence-electron chi connectivity index (χ3n) is 6.64. The van der Waals surface area contributed by atoms with Gasteiger partial charge in [0.2, 0.25) is 5.91 Å². The first kappa shape index (κ1) is 23.7. The lowest BCUT2D eigenvalue weighted by molar-refractivity contribution is -0.119. The van der Waals surface area contributed by atoms with Gasteiger partial charge in [-0.1, -0.05) is 18.2 Å². The van der Waals surface area contributed by atoms with E-state index in [4.69, 9.17) is 4.74 Å². The molecule has 2 aromatic carbocycles. The summed E-state index contributed by atoms with van der Waals surface area (Å²) in [5, 5.41) is 2.62. The summed E-state index contributed by atoms with van der Waals surface area (Å²) in [5.74, 6) is -0.818. The van der Waals surface area contributed by atoms with Gasteiger partial charge in [-0.2, -0.15) is 0 Å². The van der Waals surface area contributed by atoms with Crippen LogP contribution in [0.1, 0.15) is 41.7 Å². The van der Waals surface area contributed by atoms with Crippen molar-refractivity contribution in [3.05, 3.63) is 65.7 Å². The first-order valence-corrected chi connectivity index (χ1v) is 11.9. The van der Waals surface area contributed by atoms with Crippen molar-refractivity contribution in [3.8, 4) is 0 Å². The van der Waals surface area contributed by atoms with E-state index in [0.717, 1.165) is 5.52 Å². The highest BCUT2D eigenvalue weighted by Gasteiger charge is 2.33. The lowest BCUT2D eigenvalue weighted by atomic mass is 9.88. The molecule has 2 saturated heterocycles. The lowest BCUT2D eigenvalue weighted by Gasteiger charge is -2.32. The number of aromatic nitrogens is 2. The van der Waals surface area contributed by atoms with E-state index in [9.17, 15) is 14.4 Å². The maximum absolute atomic E-state index is 15.1. The fourth-order valence-electron chi connectivity index (χ4n) is 4.73. The molecule has 10 heteroatoms. The third-order valence-corrected chi connectivity index (χ3v) is 6.64. The molecule has 2 aliphatic heterocycles. The van der Waals surface area contributed by atoms with Crippen molar-refractivity contribution in [2.24, 2.45) is 0 Å². The van der Waals surface area contributed by atoms with Crippen LogP contribution in [0.2, 0.25) is 0 Å². The number of hydrogen-bond donors (Lipinski definition) is 1. The summed E-state index contributed by atoms with van der Waals surface area (Å²) in [5.41, 5.74) is 2.69. The van der Waals surface area contributed by atoms with Gasteiger partial charge in [-0.15, -0.1) is 0 Å². The number of halogens is 1. The maximum Gasteiger partial charge on any atom is 0.414 e. The molecule has 1 atom stereocenters. The number of carbonyl (C=O) groups excluding carboxylic acids is 3. The Labute approximate surface area is 207 Å². The van der Waals surface area contributed by atoms with Crippen molar-refractivity contribution in [2.75, 3.05) is 31.1 Å². The predicted molar refractivity (Wildman–Crippen MR) is 130 cm³/mol. The van der Waals surface area contributed by atoms with Crippen LogP contribution in [0.4, 0.5) is 14.9 Å². The molecule has 0 radical (unpaired) electrons. The maximum atomic E-state index is 15.1. The quantitative estimate of drug-likeness (QED) is 0.588. The average molecular weight is 492 g/mol. The number of ether oxygens (including phenoxy) is 1. The van der Waals surface area contributed by atoms with Gasteiger partial charge in [0.1, 0.15) is 17.6 Å². The number of hydrogen-bond acceptors (Lipinski definition) is 6. The van der Waals surface area contributed by atoms with Crippen LogP contribution in [0.5, 0.6) is 0 Å². The number of amides is 3. The minimum absolute atomic E-state index is 0.0381. The highest BCUT2D eigenvalue weighted by molar-refractivity contribution is 5.94. The zero-order valence-corrected chi connectivity index (χ0v) is 19.8. The fourth-order valence-corrected chi connectivity index (χ4v) is 4.73. The summed E-state index contributed by atoms with van der Waals surface area (Å²) in [4.78, 5) is 48.2. The van der Waals surface area contributed by atoms with Gasteiger partial charge in [0.25, 0.3) is 5.91 Å². The Bertz CT molecular complexity index is 1320. The summed E-state index contributed by atoms with van der Waals surface area (Å²) in [6, 6.07) is 12.2. The molecule has 0 spiro atoms. The van der Waals surface area contributed by atoms with Crippen LogP contribution in [0.25, 0.3) is 11.0 Å². The largest absolute Gasteiger partial charge is 0.442 e. The molecule has 0 aliphatic carbocycles. The van der Waals surface area contributed by atoms with Crippen LogP contribution >= 0.6 is 0 Å². The van der Waals surface area contributed by atoms with Crippen LogP contribution in [0.15, 0.2) is 48.7 Å². The Morgan fingerprint density at radius 2 is 1.89 bits per heavy atom. The number of benzene rings is 2. The minimum atomic E-state index is -0.568. The zero-order chi connectivity index (χ0) is 25.2. The SMILES string of the molecule is CC(=O)NCC1CN(c2ccc(C3CCN(C(=O)c4cnc5ccccc5n4)CC3)c(F)c2)C(=O)O1. The number of nitrogens with zero attached hydrogens (tertiary/aromatic N) is 4. The summed E-state index contributed by atoms with van der Waals surface area (Å²) < 4.78 is 20.4. The lowest BCUT2D eigenvalue weighted by Crippen LogP contribution is -2.38. The summed E-state index contributed by atoms with van der Waals surface area (Å²) in [6.45, 7) is 2.81. The van der Waals surface area contributed by atoms with E-state index in [1.165, 1.54) is 24.1 Å². The van der Waals surface area contributed by atoms with Crippen molar-refractivity contribution in [2.45, 2.75) is 31.8 Å². The van der Waals surface area contributed by atoms with Crippen molar-refractivity contribution in [3.63, 3.8) is 0 Å². The summed E-state index contributed by atoms with van der Waals surface area (Å²) in [7, 11) is 0. The molecule has 36 heavy (non-hydrogen) atoms. The molecular weight excluding hydrogens is 465 g/mol. The van der Waals surface area contributed by atoms with Crippen LogP contribution in [0.3, 0.4) is 0 Å². The van der Waals surface area contributed by atoms with Gasteiger partial charge in [0.15, 0.2) is 0 Å². The summed E-state index contributed by atoms with van der Waals surface area (Å²) in [6.07, 6.45) is 1.68. The molecule has 9 nitrogen and oxygen atoms in total. The van der Waals surface area contributed by atoms with E-state index < -0.39 is 18.0 Å². The first-order chi connectivity index (χ1) is 17.4. The van der Waals surface area contributed by atoms with Crippen molar-refractivity contribution in [1.29, 1.82) is 0 Å². The standard InChI is InChI=1S/C26H26FN5O4/c1-16(33)28-13-19-15-32(26(35)36-19)18-6-7-20(21(27)12-18)17-8-10-31(11-9-17)25(34)24-14-29-22-4-2-3-5-23(22)30-24/h2-7,12,14,17,19H,8-11,13,15H2,1H3,(H,28,33). The number of likely N-dealkylation sites (tertiary alicyclic amines) is 1. The highest BCUT2D eigenvalue weighted by atomic mass is 19.1. The van der Waals surface area contributed by atoms with Gasteiger partial charge in [0.05, 0.1) is 36.0 Å². The Kier molecular flexibility index (Phi) is 6.49. The number of cyclic esters (lactones) is 1. The van der Waals surface area contributed by atoms with Crippen LogP contribution in [-0.4, -0.2) is 65.1 Å². The molecule has 3 aromatic rings. The fraction of sp³-hybridized carbons (Fsp3) is 0.346. The second-order valence-corrected chi connectivity index (χ2v) is 9.07. The monoisotopic (exact) mass is 491 g/mol. The van der Waals surface area contributed by atoms with Crippen LogP contribution < -0.4 is 10.2 Å². The second kappa shape index (κ2) is 9.88. The molecule has 1 N–H and O–H groups in total. The number of para-hydroxylation sites is 2. The molecule has 0 saturated carbocycles. The van der Waals surface area contributed by atoms with Crippen molar-refractivity contribution >= 4 is 34.6 Å². The smallest absolute Gasteiger partial charge is 0.414 e. The Morgan fingerprint density at radius 3 is 2.61 bits per heavy atom. The summed E-state index contributed by atoms with van der Waals surface area (Å²) >= 11 is 0. The van der Waals surface area contributed by atoms with Crippen LogP contribution in [0, 0.1) is 5.82 Å². The number of piperidine rings is 1. The number of carbonyl (C=O) groups is 3. The van der Waals surface area contributed by atoms with Gasteiger partial charge in [-0.3, -0.25) is 19.5 Å². The van der Waals surface area contributed by atoms with E-state index in [1.54, 1.807) is 17.0 Å². The van der Waals surface area contributed by atoms with Gasteiger partial charge >= 0.3 is 6.09 Å². The number of anilines is 1. The molecule has 3 amide bonds. The molecule has 2 fully saturated rings. The number of rotatable bonds is 5. The van der Waals surface area contributed by atoms with Gasteiger partial charge in [-0.25, -0.2) is 14.2 Å². The Morgan fingerprint density at radius 1 is 1.14 bits per heavy atom. The minimum Gasteiger partial charge on any atom is -0.442 e. The first-order valence-electron chi connectivity index (χ1n) is 11.9. The third kappa shape index (κ3) is 4.84. The Hall–Kier alpha value is -4.08. The van der Waals surface area contributed by atoms with Crippen molar-refractivity contribution < 1.29 is 23.5 Å². The van der Waals surface area contributed by atoms with E-state index in [2.05, 4.69) is 15.3 Å². The van der Waals surface area contributed by atoms with E-state index in [-0.39, 0.29) is 30.8 Å². The number of nitrogens with one attached hydrogen (secondary N) is 1. The molecule has 2 aliphatic rings. The molecule has 3 heterocycles. The molecule has 1 aromatic heterocycles.